The van der Waals surface area contributed by atoms with Gasteiger partial charge in [-0.3, -0.25) is 14.9 Å². The molecule has 28 heavy (non-hydrogen) atoms. The molecule has 0 aliphatic carbocycles. The molecule has 0 saturated carbocycles. The summed E-state index contributed by atoms with van der Waals surface area (Å²) in [5, 5.41) is 3.43. The van der Waals surface area contributed by atoms with Gasteiger partial charge in [-0.25, -0.2) is 4.98 Å². The highest BCUT2D eigenvalue weighted by Crippen LogP contribution is 2.29. The molecule has 8 heteroatoms. The topological polar surface area (TPSA) is 80.8 Å². The predicted molar refractivity (Wildman–Crippen MR) is 106 cm³/mol. The van der Waals surface area contributed by atoms with E-state index in [9.17, 15) is 9.59 Å². The third-order valence-corrected chi connectivity index (χ3v) is 5.92. The second-order valence-corrected chi connectivity index (χ2v) is 8.13. The molecule has 0 radical (unpaired) electrons. The molecule has 1 saturated heterocycles. The number of benzene rings is 1. The molecule has 3 heterocycles. The molecule has 1 unspecified atom stereocenters. The maximum absolute atomic E-state index is 12.5. The zero-order valence-corrected chi connectivity index (χ0v) is 16.6. The first kappa shape index (κ1) is 18.9. The molecule has 148 valence electrons. The SMILES string of the molecule is Cc1ccc(OCC(=O)N2CCc3nc(NC(=O)C4CCCO4)sc3C2)cc1. The standard InChI is InChI=1S/C20H23N3O4S/c1-13-4-6-14(7-5-13)27-12-18(24)23-9-8-15-17(11-23)28-20(21-15)22-19(25)16-3-2-10-26-16/h4-7,16H,2-3,8-12H2,1H3,(H,21,22,25). The molecule has 0 spiro atoms. The lowest BCUT2D eigenvalue weighted by molar-refractivity contribution is -0.134. The van der Waals surface area contributed by atoms with E-state index in [1.54, 1.807) is 4.90 Å². The number of aryl methyl sites for hydroxylation is 1. The molecule has 1 atom stereocenters. The van der Waals surface area contributed by atoms with Gasteiger partial charge in [0.1, 0.15) is 11.9 Å². The van der Waals surface area contributed by atoms with Gasteiger partial charge in [0.25, 0.3) is 11.8 Å². The first-order valence-corrected chi connectivity index (χ1v) is 10.3. The summed E-state index contributed by atoms with van der Waals surface area (Å²) in [6.45, 7) is 3.76. The number of anilines is 1. The maximum Gasteiger partial charge on any atom is 0.260 e. The Hall–Kier alpha value is -2.45. The number of fused-ring (bicyclic) bond motifs is 1. The van der Waals surface area contributed by atoms with Crippen LogP contribution < -0.4 is 10.1 Å². The van der Waals surface area contributed by atoms with Crippen molar-refractivity contribution in [2.75, 3.05) is 25.1 Å². The summed E-state index contributed by atoms with van der Waals surface area (Å²) < 4.78 is 11.0. The normalized spacial score (nSPS) is 18.6. The van der Waals surface area contributed by atoms with E-state index < -0.39 is 0 Å². The van der Waals surface area contributed by atoms with Crippen LogP contribution in [0, 0.1) is 6.92 Å². The Morgan fingerprint density at radius 2 is 2.18 bits per heavy atom. The van der Waals surface area contributed by atoms with E-state index >= 15 is 0 Å². The van der Waals surface area contributed by atoms with Gasteiger partial charge in [-0.1, -0.05) is 29.0 Å². The number of carbonyl (C=O) groups excluding carboxylic acids is 2. The summed E-state index contributed by atoms with van der Waals surface area (Å²) in [5.74, 6) is 0.501. The van der Waals surface area contributed by atoms with Crippen molar-refractivity contribution in [3.05, 3.63) is 40.4 Å². The molecule has 1 aromatic heterocycles. The van der Waals surface area contributed by atoms with E-state index in [-0.39, 0.29) is 24.5 Å². The zero-order valence-electron chi connectivity index (χ0n) is 15.8. The molecule has 0 bridgehead atoms. The van der Waals surface area contributed by atoms with Crippen molar-refractivity contribution < 1.29 is 19.1 Å². The highest BCUT2D eigenvalue weighted by atomic mass is 32.1. The number of hydrogen-bond acceptors (Lipinski definition) is 6. The van der Waals surface area contributed by atoms with Crippen molar-refractivity contribution in [3.63, 3.8) is 0 Å². The van der Waals surface area contributed by atoms with Crippen LogP contribution in [0.5, 0.6) is 5.75 Å². The summed E-state index contributed by atoms with van der Waals surface area (Å²) in [6.07, 6.45) is 1.96. The van der Waals surface area contributed by atoms with Crippen LogP contribution in [0.2, 0.25) is 0 Å². The average Bonchev–Trinajstić information content (AvgIpc) is 3.36. The molecule has 1 N–H and O–H groups in total. The summed E-state index contributed by atoms with van der Waals surface area (Å²) in [5.41, 5.74) is 2.10. The molecular formula is C20H23N3O4S. The Bertz CT molecular complexity index is 859. The van der Waals surface area contributed by atoms with Gasteiger partial charge < -0.3 is 14.4 Å². The van der Waals surface area contributed by atoms with Crippen LogP contribution in [0.4, 0.5) is 5.13 Å². The van der Waals surface area contributed by atoms with Crippen molar-refractivity contribution in [1.29, 1.82) is 0 Å². The number of amides is 2. The highest BCUT2D eigenvalue weighted by molar-refractivity contribution is 7.15. The molecule has 4 rings (SSSR count). The Morgan fingerprint density at radius 3 is 2.93 bits per heavy atom. The van der Waals surface area contributed by atoms with Crippen LogP contribution in [-0.2, 0) is 27.3 Å². The Kier molecular flexibility index (Phi) is 5.59. The molecule has 1 aromatic carbocycles. The van der Waals surface area contributed by atoms with Gasteiger partial charge in [0.05, 0.1) is 12.2 Å². The number of nitrogens with one attached hydrogen (secondary N) is 1. The van der Waals surface area contributed by atoms with Crippen LogP contribution in [0.1, 0.15) is 29.0 Å². The van der Waals surface area contributed by atoms with E-state index in [1.807, 2.05) is 31.2 Å². The monoisotopic (exact) mass is 401 g/mol. The summed E-state index contributed by atoms with van der Waals surface area (Å²) in [4.78, 5) is 32.0. The Morgan fingerprint density at radius 1 is 1.36 bits per heavy atom. The minimum absolute atomic E-state index is 0.0137. The van der Waals surface area contributed by atoms with Gasteiger partial charge in [0.2, 0.25) is 0 Å². The minimum atomic E-state index is -0.377. The van der Waals surface area contributed by atoms with E-state index in [1.165, 1.54) is 11.3 Å². The van der Waals surface area contributed by atoms with Gasteiger partial charge >= 0.3 is 0 Å². The molecule has 2 amide bonds. The fraction of sp³-hybridized carbons (Fsp3) is 0.450. The second-order valence-electron chi connectivity index (χ2n) is 7.05. The fourth-order valence-electron chi connectivity index (χ4n) is 3.30. The minimum Gasteiger partial charge on any atom is -0.484 e. The van der Waals surface area contributed by atoms with Crippen molar-refractivity contribution in [1.82, 2.24) is 9.88 Å². The lowest BCUT2D eigenvalue weighted by Crippen LogP contribution is -2.38. The largest absolute Gasteiger partial charge is 0.484 e. The fourth-order valence-corrected chi connectivity index (χ4v) is 4.33. The quantitative estimate of drug-likeness (QED) is 0.833. The van der Waals surface area contributed by atoms with E-state index in [4.69, 9.17) is 9.47 Å². The van der Waals surface area contributed by atoms with Crippen LogP contribution in [0.3, 0.4) is 0 Å². The van der Waals surface area contributed by atoms with Gasteiger partial charge in [0.15, 0.2) is 11.7 Å². The lowest BCUT2D eigenvalue weighted by atomic mass is 10.2. The van der Waals surface area contributed by atoms with Gasteiger partial charge in [0, 0.05) is 24.4 Å². The third kappa shape index (κ3) is 4.34. The van der Waals surface area contributed by atoms with Crippen LogP contribution in [-0.4, -0.2) is 47.6 Å². The van der Waals surface area contributed by atoms with Crippen molar-refractivity contribution in [2.45, 2.75) is 38.8 Å². The Labute approximate surface area is 167 Å². The summed E-state index contributed by atoms with van der Waals surface area (Å²) in [6, 6.07) is 7.64. The first-order valence-electron chi connectivity index (χ1n) is 9.47. The number of aromatic nitrogens is 1. The second kappa shape index (κ2) is 8.28. The zero-order chi connectivity index (χ0) is 19.5. The molecule has 2 aromatic rings. The number of ether oxygens (including phenoxy) is 2. The van der Waals surface area contributed by atoms with Gasteiger partial charge in [-0.15, -0.1) is 0 Å². The Balaban J connectivity index is 1.32. The van der Waals surface area contributed by atoms with E-state index in [0.717, 1.165) is 29.0 Å². The summed E-state index contributed by atoms with van der Waals surface area (Å²) in [7, 11) is 0. The number of hydrogen-bond donors (Lipinski definition) is 1. The molecule has 1 fully saturated rings. The molecule has 2 aliphatic rings. The molecule has 2 aliphatic heterocycles. The predicted octanol–water partition coefficient (Wildman–Crippen LogP) is 2.53. The van der Waals surface area contributed by atoms with Crippen LogP contribution in [0.25, 0.3) is 0 Å². The molecule has 7 nitrogen and oxygen atoms in total. The van der Waals surface area contributed by atoms with Crippen LogP contribution in [0.15, 0.2) is 24.3 Å². The third-order valence-electron chi connectivity index (χ3n) is 4.92. The highest BCUT2D eigenvalue weighted by Gasteiger charge is 2.27. The molecular weight excluding hydrogens is 378 g/mol. The van der Waals surface area contributed by atoms with Gasteiger partial charge in [-0.05, 0) is 31.9 Å². The average molecular weight is 401 g/mol. The lowest BCUT2D eigenvalue weighted by Gasteiger charge is -2.26. The number of carbonyl (C=O) groups is 2. The van der Waals surface area contributed by atoms with Crippen molar-refractivity contribution >= 4 is 28.3 Å². The summed E-state index contributed by atoms with van der Waals surface area (Å²) >= 11 is 1.43. The van der Waals surface area contributed by atoms with Crippen LogP contribution >= 0.6 is 11.3 Å². The first-order chi connectivity index (χ1) is 13.6. The number of thiazole rings is 1. The number of rotatable bonds is 5. The van der Waals surface area contributed by atoms with Crippen molar-refractivity contribution in [2.24, 2.45) is 0 Å². The number of nitrogens with zero attached hydrogens (tertiary/aromatic N) is 2. The van der Waals surface area contributed by atoms with Gasteiger partial charge in [-0.2, -0.15) is 0 Å². The van der Waals surface area contributed by atoms with E-state index in [0.29, 0.717) is 37.0 Å². The van der Waals surface area contributed by atoms with E-state index in [2.05, 4.69) is 10.3 Å². The smallest absolute Gasteiger partial charge is 0.260 e. The maximum atomic E-state index is 12.5. The van der Waals surface area contributed by atoms with Crippen molar-refractivity contribution in [3.8, 4) is 5.75 Å².